The molecule has 3 rings (SSSR count). The van der Waals surface area contributed by atoms with Crippen LogP contribution in [0.3, 0.4) is 0 Å². The van der Waals surface area contributed by atoms with Gasteiger partial charge >= 0.3 is 6.03 Å². The lowest BCUT2D eigenvalue weighted by atomic mass is 10.2. The van der Waals surface area contributed by atoms with Crippen LogP contribution in [-0.4, -0.2) is 29.3 Å². The summed E-state index contributed by atoms with van der Waals surface area (Å²) in [7, 11) is 0. The molecule has 0 spiro atoms. The third kappa shape index (κ3) is 4.00. The summed E-state index contributed by atoms with van der Waals surface area (Å²) in [6.45, 7) is 1.59. The van der Waals surface area contributed by atoms with Crippen molar-refractivity contribution in [2.24, 2.45) is 0 Å². The van der Waals surface area contributed by atoms with E-state index in [9.17, 15) is 14.4 Å². The van der Waals surface area contributed by atoms with Gasteiger partial charge in [-0.05, 0) is 36.8 Å². The van der Waals surface area contributed by atoms with Crippen LogP contribution >= 0.6 is 15.9 Å². The van der Waals surface area contributed by atoms with Crippen LogP contribution in [0.25, 0.3) is 6.08 Å². The molecule has 2 N–H and O–H groups in total. The molecule has 6 nitrogen and oxygen atoms in total. The highest BCUT2D eigenvalue weighted by atomic mass is 79.9. The molecule has 7 heteroatoms. The largest absolute Gasteiger partial charge is 0.329 e. The number of hydrogen-bond acceptors (Lipinski definition) is 3. The molecular formula is C19H16BrN3O3. The summed E-state index contributed by atoms with van der Waals surface area (Å²) in [5.74, 6) is -0.982. The van der Waals surface area contributed by atoms with Crippen molar-refractivity contribution in [2.45, 2.75) is 6.92 Å². The average molecular weight is 414 g/mol. The number of hydrogen-bond donors (Lipinski definition) is 2. The number of benzene rings is 2. The maximum absolute atomic E-state index is 12.4. The van der Waals surface area contributed by atoms with E-state index < -0.39 is 17.8 Å². The summed E-state index contributed by atoms with van der Waals surface area (Å²) in [6, 6.07) is 13.9. The Bertz CT molecular complexity index is 907. The van der Waals surface area contributed by atoms with Crippen LogP contribution in [-0.2, 0) is 9.59 Å². The first kappa shape index (κ1) is 17.9. The third-order valence-corrected chi connectivity index (χ3v) is 4.53. The predicted molar refractivity (Wildman–Crippen MR) is 102 cm³/mol. The predicted octanol–water partition coefficient (Wildman–Crippen LogP) is 3.29. The van der Waals surface area contributed by atoms with E-state index in [2.05, 4.69) is 26.6 Å². The fourth-order valence-electron chi connectivity index (χ4n) is 2.44. The van der Waals surface area contributed by atoms with Gasteiger partial charge in [-0.15, -0.1) is 0 Å². The van der Waals surface area contributed by atoms with Crippen molar-refractivity contribution in [3.8, 4) is 0 Å². The van der Waals surface area contributed by atoms with Gasteiger partial charge in [0.25, 0.3) is 5.91 Å². The number of aryl methyl sites for hydroxylation is 1. The molecule has 0 atom stereocenters. The van der Waals surface area contributed by atoms with Gasteiger partial charge in [0.15, 0.2) is 0 Å². The number of amides is 4. The van der Waals surface area contributed by atoms with Crippen LogP contribution in [0.1, 0.15) is 11.1 Å². The zero-order chi connectivity index (χ0) is 18.7. The fraction of sp³-hybridized carbons (Fsp3) is 0.105. The van der Waals surface area contributed by atoms with Gasteiger partial charge in [-0.25, -0.2) is 9.69 Å². The van der Waals surface area contributed by atoms with Gasteiger partial charge in [-0.2, -0.15) is 0 Å². The van der Waals surface area contributed by atoms with Gasteiger partial charge in [0, 0.05) is 10.2 Å². The summed E-state index contributed by atoms with van der Waals surface area (Å²) in [5, 5.41) is 5.17. The number of urea groups is 1. The van der Waals surface area contributed by atoms with Gasteiger partial charge in [-0.3, -0.25) is 9.59 Å². The molecule has 2 aromatic rings. The van der Waals surface area contributed by atoms with E-state index in [1.165, 1.54) is 0 Å². The lowest BCUT2D eigenvalue weighted by Crippen LogP contribution is -2.38. The third-order valence-electron chi connectivity index (χ3n) is 3.80. The van der Waals surface area contributed by atoms with E-state index >= 15 is 0 Å². The average Bonchev–Trinajstić information content (AvgIpc) is 2.86. The number of carbonyl (C=O) groups excluding carboxylic acids is 3. The van der Waals surface area contributed by atoms with Gasteiger partial charge in [-0.1, -0.05) is 51.8 Å². The normalized spacial score (nSPS) is 15.3. The van der Waals surface area contributed by atoms with Crippen molar-refractivity contribution in [2.75, 3.05) is 11.9 Å². The molecule has 1 aliphatic heterocycles. The minimum atomic E-state index is -0.618. The van der Waals surface area contributed by atoms with E-state index in [0.29, 0.717) is 5.69 Å². The molecular weight excluding hydrogens is 398 g/mol. The van der Waals surface area contributed by atoms with Crippen LogP contribution in [0, 0.1) is 6.92 Å². The molecule has 0 unspecified atom stereocenters. The zero-order valence-electron chi connectivity index (χ0n) is 14.0. The second-order valence-electron chi connectivity index (χ2n) is 5.82. The van der Waals surface area contributed by atoms with Crippen molar-refractivity contribution in [1.29, 1.82) is 0 Å². The van der Waals surface area contributed by atoms with Crippen molar-refractivity contribution < 1.29 is 14.4 Å². The number of anilines is 1. The topological polar surface area (TPSA) is 78.5 Å². The molecule has 0 saturated carbocycles. The van der Waals surface area contributed by atoms with E-state index in [4.69, 9.17) is 0 Å². The number of nitrogens with one attached hydrogen (secondary N) is 2. The highest BCUT2D eigenvalue weighted by molar-refractivity contribution is 9.10. The summed E-state index contributed by atoms with van der Waals surface area (Å²) in [4.78, 5) is 37.5. The fourth-order valence-corrected chi connectivity index (χ4v) is 2.84. The van der Waals surface area contributed by atoms with Gasteiger partial charge in [0.1, 0.15) is 12.2 Å². The Morgan fingerprint density at radius 1 is 1.15 bits per heavy atom. The second kappa shape index (κ2) is 7.53. The summed E-state index contributed by atoms with van der Waals surface area (Å²) >= 11 is 3.39. The standard InChI is InChI=1S/C19H16BrN3O3/c1-12-6-8-14(9-7-12)21-17(24)11-23-18(25)16(22-19(23)26)10-13-4-2-3-5-15(13)20/h2-10H,11H2,1H3,(H,21,24)(H,22,26). The molecule has 4 amide bonds. The summed E-state index contributed by atoms with van der Waals surface area (Å²) in [5.41, 5.74) is 2.56. The van der Waals surface area contributed by atoms with Gasteiger partial charge in [0.05, 0.1) is 0 Å². The smallest absolute Gasteiger partial charge is 0.325 e. The highest BCUT2D eigenvalue weighted by Crippen LogP contribution is 2.21. The maximum atomic E-state index is 12.4. The molecule has 1 saturated heterocycles. The second-order valence-corrected chi connectivity index (χ2v) is 6.67. The molecule has 1 fully saturated rings. The monoisotopic (exact) mass is 413 g/mol. The Kier molecular flexibility index (Phi) is 5.18. The molecule has 0 aromatic heterocycles. The first-order valence-electron chi connectivity index (χ1n) is 7.89. The van der Waals surface area contributed by atoms with E-state index in [1.54, 1.807) is 18.2 Å². The Morgan fingerprint density at radius 2 is 1.85 bits per heavy atom. The van der Waals surface area contributed by atoms with Gasteiger partial charge < -0.3 is 10.6 Å². The number of halogens is 1. The lowest BCUT2D eigenvalue weighted by Gasteiger charge is -2.12. The Balaban J connectivity index is 1.70. The number of carbonyl (C=O) groups is 3. The first-order chi connectivity index (χ1) is 12.4. The molecule has 0 radical (unpaired) electrons. The van der Waals surface area contributed by atoms with Crippen LogP contribution in [0.2, 0.25) is 0 Å². The quantitative estimate of drug-likeness (QED) is 0.596. The Labute approximate surface area is 159 Å². The zero-order valence-corrected chi connectivity index (χ0v) is 15.5. The van der Waals surface area contributed by atoms with Crippen LogP contribution in [0.15, 0.2) is 58.7 Å². The minimum Gasteiger partial charge on any atom is -0.325 e. The summed E-state index contributed by atoms with van der Waals surface area (Å²) in [6.07, 6.45) is 1.57. The molecule has 1 heterocycles. The summed E-state index contributed by atoms with van der Waals surface area (Å²) < 4.78 is 0.796. The molecule has 2 aromatic carbocycles. The van der Waals surface area contributed by atoms with Crippen LogP contribution in [0.5, 0.6) is 0 Å². The van der Waals surface area contributed by atoms with Crippen molar-refractivity contribution in [3.63, 3.8) is 0 Å². The molecule has 132 valence electrons. The molecule has 0 aliphatic carbocycles. The number of nitrogens with zero attached hydrogens (tertiary/aromatic N) is 1. The van der Waals surface area contributed by atoms with E-state index in [-0.39, 0.29) is 12.2 Å². The van der Waals surface area contributed by atoms with Crippen molar-refractivity contribution in [1.82, 2.24) is 10.2 Å². The van der Waals surface area contributed by atoms with Gasteiger partial charge in [0.2, 0.25) is 5.91 Å². The molecule has 0 bridgehead atoms. The maximum Gasteiger partial charge on any atom is 0.329 e. The van der Waals surface area contributed by atoms with Crippen molar-refractivity contribution in [3.05, 3.63) is 69.8 Å². The minimum absolute atomic E-state index is 0.130. The van der Waals surface area contributed by atoms with Crippen LogP contribution in [0.4, 0.5) is 10.5 Å². The Morgan fingerprint density at radius 3 is 2.54 bits per heavy atom. The van der Waals surface area contributed by atoms with E-state index in [0.717, 1.165) is 20.5 Å². The van der Waals surface area contributed by atoms with E-state index in [1.807, 2.05) is 43.3 Å². The number of rotatable bonds is 4. The lowest BCUT2D eigenvalue weighted by molar-refractivity contribution is -0.127. The van der Waals surface area contributed by atoms with Crippen LogP contribution < -0.4 is 10.6 Å². The highest BCUT2D eigenvalue weighted by Gasteiger charge is 2.34. The Hall–Kier alpha value is -2.93. The van der Waals surface area contributed by atoms with Crippen molar-refractivity contribution >= 4 is 45.5 Å². The first-order valence-corrected chi connectivity index (χ1v) is 8.69. The SMILES string of the molecule is Cc1ccc(NC(=O)CN2C(=O)NC(=Cc3ccccc3Br)C2=O)cc1. The molecule has 1 aliphatic rings. The number of imide groups is 1. The molecule has 26 heavy (non-hydrogen) atoms.